The van der Waals surface area contributed by atoms with Gasteiger partial charge in [-0.25, -0.2) is 0 Å². The number of carbonyl (C=O) groups excluding carboxylic acids is 1. The van der Waals surface area contributed by atoms with Crippen LogP contribution in [0.3, 0.4) is 0 Å². The van der Waals surface area contributed by atoms with E-state index in [0.29, 0.717) is 34.8 Å². The Morgan fingerprint density at radius 3 is 2.62 bits per heavy atom. The number of ether oxygens (including phenoxy) is 2. The number of H-pyrrole nitrogens is 1. The largest absolute Gasteiger partial charge is 0.454 e. The highest BCUT2D eigenvalue weighted by Gasteiger charge is 2.15. The number of hydrogen-bond acceptors (Lipinski definition) is 5. The summed E-state index contributed by atoms with van der Waals surface area (Å²) < 4.78 is 10.7. The summed E-state index contributed by atoms with van der Waals surface area (Å²) >= 11 is 0. The molecule has 0 saturated heterocycles. The first kappa shape index (κ1) is 16.0. The van der Waals surface area contributed by atoms with Gasteiger partial charge in [0.05, 0.1) is 16.9 Å². The fraction of sp³-hybridized carbons (Fsp3) is 0.158. The van der Waals surface area contributed by atoms with Crippen molar-refractivity contribution in [3.63, 3.8) is 0 Å². The van der Waals surface area contributed by atoms with E-state index in [9.17, 15) is 9.59 Å². The lowest BCUT2D eigenvalue weighted by molar-refractivity contribution is -0.114. The van der Waals surface area contributed by atoms with E-state index < -0.39 is 0 Å². The monoisotopic (exact) mass is 351 g/mol. The predicted molar refractivity (Wildman–Crippen MR) is 98.8 cm³/mol. The molecule has 1 aliphatic rings. The molecule has 0 aliphatic carbocycles. The van der Waals surface area contributed by atoms with E-state index in [0.717, 1.165) is 11.1 Å². The van der Waals surface area contributed by atoms with Crippen molar-refractivity contribution in [3.05, 3.63) is 58.4 Å². The summed E-state index contributed by atoms with van der Waals surface area (Å²) in [5.74, 6) is 1.14. The van der Waals surface area contributed by atoms with Gasteiger partial charge in [-0.1, -0.05) is 12.1 Å². The maximum atomic E-state index is 12.4. The van der Waals surface area contributed by atoms with E-state index in [1.807, 2.05) is 30.3 Å². The Labute approximate surface area is 148 Å². The Morgan fingerprint density at radius 1 is 1.12 bits per heavy atom. The van der Waals surface area contributed by atoms with Gasteiger partial charge in [0.2, 0.25) is 12.7 Å². The van der Waals surface area contributed by atoms with Crippen LogP contribution in [0.4, 0.5) is 11.4 Å². The second-order valence-corrected chi connectivity index (χ2v) is 6.00. The molecule has 3 N–H and O–H groups in total. The van der Waals surface area contributed by atoms with Crippen molar-refractivity contribution in [1.29, 1.82) is 0 Å². The van der Waals surface area contributed by atoms with Crippen LogP contribution in [0.2, 0.25) is 0 Å². The van der Waals surface area contributed by atoms with E-state index in [2.05, 4.69) is 15.6 Å². The molecule has 132 valence electrons. The molecule has 2 aromatic carbocycles. The van der Waals surface area contributed by atoms with Crippen molar-refractivity contribution in [2.75, 3.05) is 17.4 Å². The molecule has 0 saturated carbocycles. The molecule has 0 unspecified atom stereocenters. The van der Waals surface area contributed by atoms with Gasteiger partial charge in [-0.2, -0.15) is 0 Å². The van der Waals surface area contributed by atoms with E-state index in [-0.39, 0.29) is 18.3 Å². The highest BCUT2D eigenvalue weighted by atomic mass is 16.7. The van der Waals surface area contributed by atoms with E-state index in [1.165, 1.54) is 6.92 Å². The molecule has 7 nitrogen and oxygen atoms in total. The van der Waals surface area contributed by atoms with Crippen molar-refractivity contribution in [2.24, 2.45) is 0 Å². The van der Waals surface area contributed by atoms with Crippen LogP contribution >= 0.6 is 0 Å². The number of carbonyl (C=O) groups is 1. The van der Waals surface area contributed by atoms with Gasteiger partial charge in [0.1, 0.15) is 0 Å². The summed E-state index contributed by atoms with van der Waals surface area (Å²) in [6, 6.07) is 12.8. The number of benzene rings is 2. The Morgan fingerprint density at radius 2 is 1.85 bits per heavy atom. The number of aromatic nitrogens is 1. The third-order valence-electron chi connectivity index (χ3n) is 4.12. The van der Waals surface area contributed by atoms with Crippen LogP contribution in [-0.2, 0) is 11.3 Å². The molecule has 0 atom stereocenters. The molecule has 3 aromatic rings. The smallest absolute Gasteiger partial charge is 0.253 e. The third kappa shape index (κ3) is 3.06. The van der Waals surface area contributed by atoms with E-state index in [4.69, 9.17) is 9.47 Å². The maximum Gasteiger partial charge on any atom is 0.253 e. The first-order valence-electron chi connectivity index (χ1n) is 8.16. The molecule has 2 heterocycles. The van der Waals surface area contributed by atoms with Crippen molar-refractivity contribution < 1.29 is 14.3 Å². The van der Waals surface area contributed by atoms with Crippen LogP contribution in [0.15, 0.2) is 47.3 Å². The number of pyridine rings is 1. The number of hydrogen-bond donors (Lipinski definition) is 3. The molecule has 1 aromatic heterocycles. The zero-order valence-corrected chi connectivity index (χ0v) is 14.1. The zero-order valence-electron chi connectivity index (χ0n) is 14.1. The summed E-state index contributed by atoms with van der Waals surface area (Å²) in [6.45, 7) is 1.95. The molecular formula is C19H17N3O4. The minimum atomic E-state index is -0.180. The van der Waals surface area contributed by atoms with Crippen molar-refractivity contribution in [3.8, 4) is 11.5 Å². The number of aromatic amines is 1. The summed E-state index contributed by atoms with van der Waals surface area (Å²) in [7, 11) is 0. The molecule has 0 fully saturated rings. The summed E-state index contributed by atoms with van der Waals surface area (Å²) in [5, 5.41) is 6.83. The van der Waals surface area contributed by atoms with Gasteiger partial charge < -0.3 is 25.1 Å². The van der Waals surface area contributed by atoms with Crippen molar-refractivity contribution >= 4 is 28.2 Å². The Hall–Kier alpha value is -3.48. The minimum Gasteiger partial charge on any atom is -0.454 e. The number of nitrogens with one attached hydrogen (secondary N) is 3. The first-order chi connectivity index (χ1) is 12.6. The van der Waals surface area contributed by atoms with Crippen LogP contribution in [0.1, 0.15) is 12.5 Å². The lowest BCUT2D eigenvalue weighted by atomic mass is 10.1. The summed E-state index contributed by atoms with van der Waals surface area (Å²) in [5.41, 5.74) is 2.50. The van der Waals surface area contributed by atoms with Crippen LogP contribution in [0, 0.1) is 0 Å². The number of fused-ring (bicyclic) bond motifs is 2. The molecule has 0 spiro atoms. The summed E-state index contributed by atoms with van der Waals surface area (Å²) in [4.78, 5) is 26.6. The SMILES string of the molecule is CC(=O)Nc1ccccc1NCc1cc2cc3c(cc2[nH]c1=O)OCO3. The molecule has 26 heavy (non-hydrogen) atoms. The van der Waals surface area contributed by atoms with Gasteiger partial charge in [0, 0.05) is 30.5 Å². The van der Waals surface area contributed by atoms with Crippen LogP contribution < -0.4 is 25.7 Å². The molecule has 7 heteroatoms. The zero-order chi connectivity index (χ0) is 18.1. The van der Waals surface area contributed by atoms with E-state index >= 15 is 0 Å². The number of amides is 1. The van der Waals surface area contributed by atoms with Gasteiger partial charge in [-0.05, 0) is 24.3 Å². The fourth-order valence-electron chi connectivity index (χ4n) is 2.90. The Kier molecular flexibility index (Phi) is 3.96. The van der Waals surface area contributed by atoms with Crippen molar-refractivity contribution in [2.45, 2.75) is 13.5 Å². The summed E-state index contributed by atoms with van der Waals surface area (Å²) in [6.07, 6.45) is 0. The molecule has 1 aliphatic heterocycles. The lowest BCUT2D eigenvalue weighted by Crippen LogP contribution is -2.16. The standard InChI is InChI=1S/C19H17N3O4/c1-11(23)21-15-5-3-2-4-14(15)20-9-13-6-12-7-17-18(26-10-25-17)8-16(12)22-19(13)24/h2-8,20H,9-10H2,1H3,(H,21,23)(H,22,24). The highest BCUT2D eigenvalue weighted by Crippen LogP contribution is 2.35. The number of rotatable bonds is 4. The molecule has 4 rings (SSSR count). The number of anilines is 2. The lowest BCUT2D eigenvalue weighted by Gasteiger charge is -2.12. The van der Waals surface area contributed by atoms with Gasteiger partial charge in [0.15, 0.2) is 11.5 Å². The predicted octanol–water partition coefficient (Wildman–Crippen LogP) is 2.83. The second kappa shape index (κ2) is 6.44. The van der Waals surface area contributed by atoms with Crippen LogP contribution in [-0.4, -0.2) is 17.7 Å². The molecule has 1 amide bonds. The third-order valence-corrected chi connectivity index (χ3v) is 4.12. The average Bonchev–Trinajstić information content (AvgIpc) is 3.06. The number of para-hydroxylation sites is 2. The van der Waals surface area contributed by atoms with Gasteiger partial charge in [0.25, 0.3) is 5.56 Å². The van der Waals surface area contributed by atoms with Gasteiger partial charge >= 0.3 is 0 Å². The molecule has 0 radical (unpaired) electrons. The molecule has 0 bridgehead atoms. The normalized spacial score (nSPS) is 12.2. The van der Waals surface area contributed by atoms with Crippen LogP contribution in [0.5, 0.6) is 11.5 Å². The Bertz CT molecular complexity index is 1060. The fourth-order valence-corrected chi connectivity index (χ4v) is 2.90. The maximum absolute atomic E-state index is 12.4. The minimum absolute atomic E-state index is 0.154. The van der Waals surface area contributed by atoms with Gasteiger partial charge in [-0.15, -0.1) is 0 Å². The van der Waals surface area contributed by atoms with Crippen molar-refractivity contribution in [1.82, 2.24) is 4.98 Å². The second-order valence-electron chi connectivity index (χ2n) is 6.00. The van der Waals surface area contributed by atoms with Gasteiger partial charge in [-0.3, -0.25) is 9.59 Å². The quantitative estimate of drug-likeness (QED) is 0.672. The molecular weight excluding hydrogens is 334 g/mol. The average molecular weight is 351 g/mol. The van der Waals surface area contributed by atoms with E-state index in [1.54, 1.807) is 12.1 Å². The topological polar surface area (TPSA) is 92.5 Å². The first-order valence-corrected chi connectivity index (χ1v) is 8.16. The van der Waals surface area contributed by atoms with Crippen LogP contribution in [0.25, 0.3) is 10.9 Å². The Balaban J connectivity index is 1.62. The highest BCUT2D eigenvalue weighted by molar-refractivity contribution is 5.92.